The zero-order chi connectivity index (χ0) is 15.2. The van der Waals surface area contributed by atoms with E-state index in [0.29, 0.717) is 6.42 Å². The fourth-order valence-corrected chi connectivity index (χ4v) is 3.24. The third kappa shape index (κ3) is 5.30. The number of piperidine rings is 1. The van der Waals surface area contributed by atoms with E-state index in [1.54, 1.807) is 0 Å². The van der Waals surface area contributed by atoms with Crippen molar-refractivity contribution in [3.05, 3.63) is 29.8 Å². The van der Waals surface area contributed by atoms with Crippen molar-refractivity contribution in [3.8, 4) is 0 Å². The van der Waals surface area contributed by atoms with Gasteiger partial charge < -0.3 is 26.6 Å². The second-order valence-electron chi connectivity index (χ2n) is 6.22. The molecule has 2 aliphatic heterocycles. The van der Waals surface area contributed by atoms with E-state index < -0.39 is 0 Å². The number of anilines is 1. The lowest BCUT2D eigenvalue weighted by Gasteiger charge is -2.29. The molecule has 2 saturated heterocycles. The fourth-order valence-electron chi connectivity index (χ4n) is 3.24. The van der Waals surface area contributed by atoms with Crippen molar-refractivity contribution in [2.24, 2.45) is 0 Å². The fraction of sp³-hybridized carbons (Fsp3) is 0.611. The van der Waals surface area contributed by atoms with Crippen LogP contribution in [-0.4, -0.2) is 56.6 Å². The van der Waals surface area contributed by atoms with Crippen LogP contribution in [0.15, 0.2) is 24.3 Å². The van der Waals surface area contributed by atoms with Crippen LogP contribution in [0.2, 0.25) is 0 Å². The first-order valence-electron chi connectivity index (χ1n) is 8.51. The first-order chi connectivity index (χ1) is 10.8. The SMILES string of the molecule is O=C(CCN1CCOCC1)c1ccc(N2CCCCC2)cc1.[Br-]. The summed E-state index contributed by atoms with van der Waals surface area (Å²) < 4.78 is 5.33. The predicted octanol–water partition coefficient (Wildman–Crippen LogP) is -0.414. The normalized spacial score (nSPS) is 19.2. The first kappa shape index (κ1) is 18.4. The molecule has 2 heterocycles. The van der Waals surface area contributed by atoms with E-state index >= 15 is 0 Å². The van der Waals surface area contributed by atoms with Crippen molar-refractivity contribution in [1.82, 2.24) is 4.90 Å². The zero-order valence-electron chi connectivity index (χ0n) is 13.7. The number of morpholine rings is 1. The van der Waals surface area contributed by atoms with E-state index in [2.05, 4.69) is 21.9 Å². The van der Waals surface area contributed by atoms with E-state index in [1.165, 1.54) is 24.9 Å². The highest BCUT2D eigenvalue weighted by molar-refractivity contribution is 5.96. The number of hydrogen-bond acceptors (Lipinski definition) is 4. The molecular formula is C18H26BrN2O2-. The first-order valence-corrected chi connectivity index (χ1v) is 8.51. The average Bonchev–Trinajstić information content (AvgIpc) is 2.61. The molecule has 0 radical (unpaired) electrons. The van der Waals surface area contributed by atoms with Crippen LogP contribution in [0.5, 0.6) is 0 Å². The standard InChI is InChI=1S/C18H26N2O2.BrH/c21-18(8-11-19-12-14-22-15-13-19)16-4-6-17(7-5-16)20-9-2-1-3-10-20;/h4-7H,1-3,8-15H2;1H/p-1. The third-order valence-electron chi connectivity index (χ3n) is 4.67. The number of ether oxygens (including phenoxy) is 1. The lowest BCUT2D eigenvalue weighted by molar-refractivity contribution is -0.0000131. The maximum atomic E-state index is 12.3. The quantitative estimate of drug-likeness (QED) is 0.649. The van der Waals surface area contributed by atoms with Crippen LogP contribution in [0.4, 0.5) is 5.69 Å². The molecule has 2 aliphatic rings. The van der Waals surface area contributed by atoms with Crippen molar-refractivity contribution in [1.29, 1.82) is 0 Å². The molecule has 0 saturated carbocycles. The van der Waals surface area contributed by atoms with Gasteiger partial charge in [0, 0.05) is 50.4 Å². The highest BCUT2D eigenvalue weighted by Crippen LogP contribution is 2.20. The average molecular weight is 382 g/mol. The van der Waals surface area contributed by atoms with Gasteiger partial charge in [-0.25, -0.2) is 0 Å². The molecule has 0 atom stereocenters. The number of hydrogen-bond donors (Lipinski definition) is 0. The van der Waals surface area contributed by atoms with E-state index in [9.17, 15) is 4.79 Å². The number of halogens is 1. The van der Waals surface area contributed by atoms with Crippen LogP contribution in [-0.2, 0) is 4.74 Å². The number of rotatable bonds is 5. The molecule has 4 nitrogen and oxygen atoms in total. The molecule has 0 aliphatic carbocycles. The molecule has 2 fully saturated rings. The number of benzene rings is 1. The molecule has 0 aromatic heterocycles. The van der Waals surface area contributed by atoms with Gasteiger partial charge in [-0.3, -0.25) is 9.69 Å². The summed E-state index contributed by atoms with van der Waals surface area (Å²) in [7, 11) is 0. The number of Topliss-reactive ketones (excluding diaryl/α,β-unsaturated/α-hetero) is 1. The summed E-state index contributed by atoms with van der Waals surface area (Å²) in [5.74, 6) is 0.247. The molecule has 128 valence electrons. The van der Waals surface area contributed by atoms with Gasteiger partial charge in [-0.05, 0) is 43.5 Å². The number of carbonyl (C=O) groups is 1. The predicted molar refractivity (Wildman–Crippen MR) is 88.7 cm³/mol. The smallest absolute Gasteiger partial charge is 0.164 e. The van der Waals surface area contributed by atoms with E-state index in [4.69, 9.17) is 4.74 Å². The number of ketones is 1. The Morgan fingerprint density at radius 2 is 1.61 bits per heavy atom. The molecule has 0 spiro atoms. The van der Waals surface area contributed by atoms with Crippen LogP contribution in [0.1, 0.15) is 36.0 Å². The van der Waals surface area contributed by atoms with Gasteiger partial charge in [-0.2, -0.15) is 0 Å². The van der Waals surface area contributed by atoms with E-state index in [0.717, 1.165) is 51.5 Å². The molecular weight excluding hydrogens is 356 g/mol. The van der Waals surface area contributed by atoms with Gasteiger partial charge in [-0.1, -0.05) is 0 Å². The van der Waals surface area contributed by atoms with Crippen LogP contribution >= 0.6 is 0 Å². The maximum Gasteiger partial charge on any atom is 0.164 e. The minimum atomic E-state index is 0. The van der Waals surface area contributed by atoms with Crippen molar-refractivity contribution >= 4 is 11.5 Å². The van der Waals surface area contributed by atoms with Crippen molar-refractivity contribution < 1.29 is 26.5 Å². The Balaban J connectivity index is 0.00000192. The Labute approximate surface area is 149 Å². The van der Waals surface area contributed by atoms with Crippen LogP contribution in [0, 0.1) is 0 Å². The van der Waals surface area contributed by atoms with Gasteiger partial charge in [0.05, 0.1) is 13.2 Å². The van der Waals surface area contributed by atoms with Crippen LogP contribution < -0.4 is 21.9 Å². The van der Waals surface area contributed by atoms with Crippen molar-refractivity contribution in [3.63, 3.8) is 0 Å². The molecule has 0 N–H and O–H groups in total. The molecule has 23 heavy (non-hydrogen) atoms. The van der Waals surface area contributed by atoms with Gasteiger partial charge >= 0.3 is 0 Å². The monoisotopic (exact) mass is 381 g/mol. The molecule has 0 amide bonds. The highest BCUT2D eigenvalue weighted by atomic mass is 79.9. The lowest BCUT2D eigenvalue weighted by atomic mass is 10.1. The molecule has 0 bridgehead atoms. The van der Waals surface area contributed by atoms with E-state index in [1.807, 2.05) is 12.1 Å². The Bertz CT molecular complexity index is 480. The minimum Gasteiger partial charge on any atom is -1.00 e. The van der Waals surface area contributed by atoms with Gasteiger partial charge in [0.25, 0.3) is 0 Å². The molecule has 1 aromatic rings. The Kier molecular flexibility index (Phi) is 7.53. The zero-order valence-corrected chi connectivity index (χ0v) is 15.3. The van der Waals surface area contributed by atoms with Gasteiger partial charge in [0.1, 0.15) is 0 Å². The second-order valence-corrected chi connectivity index (χ2v) is 6.22. The minimum absolute atomic E-state index is 0. The Hall–Kier alpha value is -0.910. The summed E-state index contributed by atoms with van der Waals surface area (Å²) in [4.78, 5) is 17.0. The summed E-state index contributed by atoms with van der Waals surface area (Å²) in [6, 6.07) is 8.19. The Morgan fingerprint density at radius 1 is 0.957 bits per heavy atom. The summed E-state index contributed by atoms with van der Waals surface area (Å²) in [6.07, 6.45) is 4.50. The topological polar surface area (TPSA) is 32.8 Å². The van der Waals surface area contributed by atoms with Crippen molar-refractivity contribution in [2.45, 2.75) is 25.7 Å². The van der Waals surface area contributed by atoms with E-state index in [-0.39, 0.29) is 22.8 Å². The molecule has 0 unspecified atom stereocenters. The van der Waals surface area contributed by atoms with Gasteiger partial charge in [-0.15, -0.1) is 0 Å². The highest BCUT2D eigenvalue weighted by Gasteiger charge is 2.14. The number of carbonyl (C=O) groups excluding carboxylic acids is 1. The summed E-state index contributed by atoms with van der Waals surface area (Å²) in [6.45, 7) is 6.60. The summed E-state index contributed by atoms with van der Waals surface area (Å²) >= 11 is 0. The summed E-state index contributed by atoms with van der Waals surface area (Å²) in [5, 5.41) is 0. The number of nitrogens with zero attached hydrogens (tertiary/aromatic N) is 2. The van der Waals surface area contributed by atoms with Crippen molar-refractivity contribution in [2.75, 3.05) is 50.8 Å². The van der Waals surface area contributed by atoms with Gasteiger partial charge in [0.15, 0.2) is 5.78 Å². The Morgan fingerprint density at radius 3 is 2.26 bits per heavy atom. The molecule has 5 heteroatoms. The summed E-state index contributed by atoms with van der Waals surface area (Å²) in [5.41, 5.74) is 2.10. The molecule has 3 rings (SSSR count). The maximum absolute atomic E-state index is 12.3. The largest absolute Gasteiger partial charge is 1.00 e. The molecule has 1 aromatic carbocycles. The second kappa shape index (κ2) is 9.40. The lowest BCUT2D eigenvalue weighted by Crippen LogP contribution is -3.00. The third-order valence-corrected chi connectivity index (χ3v) is 4.67. The van der Waals surface area contributed by atoms with Gasteiger partial charge in [0.2, 0.25) is 0 Å². The van der Waals surface area contributed by atoms with Crippen LogP contribution in [0.25, 0.3) is 0 Å². The van der Waals surface area contributed by atoms with Crippen LogP contribution in [0.3, 0.4) is 0 Å².